The molecule has 1 aromatic heterocycles. The number of nitrogens with zero attached hydrogens (tertiary/aromatic N) is 1. The molecular formula is C26H31ClN4O3S. The highest BCUT2D eigenvalue weighted by Gasteiger charge is 2.42. The van der Waals surface area contributed by atoms with Crippen LogP contribution in [0, 0.1) is 5.92 Å². The summed E-state index contributed by atoms with van der Waals surface area (Å²) in [7, 11) is 1.70. The van der Waals surface area contributed by atoms with E-state index in [2.05, 4.69) is 16.0 Å². The van der Waals surface area contributed by atoms with Crippen molar-refractivity contribution >= 4 is 57.2 Å². The van der Waals surface area contributed by atoms with Gasteiger partial charge in [-0.05, 0) is 54.6 Å². The van der Waals surface area contributed by atoms with Crippen LogP contribution in [0.2, 0.25) is 0 Å². The number of hydrogen-bond acceptors (Lipinski definition) is 5. The van der Waals surface area contributed by atoms with E-state index in [0.717, 1.165) is 26.9 Å². The number of benzene rings is 2. The molecule has 35 heavy (non-hydrogen) atoms. The highest BCUT2D eigenvalue weighted by atomic mass is 35.5. The number of carbonyl (C=O) groups is 3. The number of carbonyl (C=O) groups excluding carboxylic acids is 3. The number of likely N-dealkylation sites (N-methyl/N-ethyl adjacent to an activating group) is 1. The van der Waals surface area contributed by atoms with Crippen LogP contribution in [0.5, 0.6) is 0 Å². The molecule has 2 aromatic carbocycles. The molecule has 3 N–H and O–H groups in total. The molecule has 1 aliphatic heterocycles. The number of hydrogen-bond donors (Lipinski definition) is 3. The molecule has 0 spiro atoms. The molecule has 0 radical (unpaired) electrons. The Kier molecular flexibility index (Phi) is 8.53. The highest BCUT2D eigenvalue weighted by molar-refractivity contribution is 7.17. The number of anilines is 1. The van der Waals surface area contributed by atoms with Crippen molar-refractivity contribution in [1.29, 1.82) is 0 Å². The van der Waals surface area contributed by atoms with Crippen molar-refractivity contribution in [2.75, 3.05) is 12.4 Å². The Bertz CT molecular complexity index is 1230. The maximum atomic E-state index is 13.8. The maximum Gasteiger partial charge on any atom is 0.251 e. The van der Waals surface area contributed by atoms with Crippen LogP contribution in [0.4, 0.5) is 5.69 Å². The van der Waals surface area contributed by atoms with Gasteiger partial charge in [0, 0.05) is 22.3 Å². The van der Waals surface area contributed by atoms with Gasteiger partial charge in [0.05, 0.1) is 6.04 Å². The molecule has 7 nitrogen and oxygen atoms in total. The van der Waals surface area contributed by atoms with Crippen molar-refractivity contribution in [2.45, 2.75) is 45.4 Å². The maximum absolute atomic E-state index is 13.8. The molecule has 0 aliphatic carbocycles. The van der Waals surface area contributed by atoms with Gasteiger partial charge in [-0.15, -0.1) is 23.7 Å². The summed E-state index contributed by atoms with van der Waals surface area (Å²) in [6.45, 7) is 5.84. The molecule has 9 heteroatoms. The van der Waals surface area contributed by atoms with E-state index in [1.165, 1.54) is 0 Å². The Morgan fingerprint density at radius 2 is 1.77 bits per heavy atom. The van der Waals surface area contributed by atoms with Gasteiger partial charge in [0.25, 0.3) is 5.91 Å². The zero-order chi connectivity index (χ0) is 24.4. The van der Waals surface area contributed by atoms with Gasteiger partial charge in [-0.2, -0.15) is 0 Å². The van der Waals surface area contributed by atoms with E-state index in [-0.39, 0.29) is 36.0 Å². The number of rotatable bonds is 7. The van der Waals surface area contributed by atoms with E-state index in [1.807, 2.05) is 67.8 Å². The molecule has 0 saturated heterocycles. The summed E-state index contributed by atoms with van der Waals surface area (Å²) in [6.07, 6.45) is 0. The minimum absolute atomic E-state index is 0. The van der Waals surface area contributed by atoms with Crippen LogP contribution < -0.4 is 16.0 Å². The van der Waals surface area contributed by atoms with E-state index in [0.29, 0.717) is 6.54 Å². The average molecular weight is 515 g/mol. The van der Waals surface area contributed by atoms with Crippen LogP contribution in [-0.4, -0.2) is 41.8 Å². The quantitative estimate of drug-likeness (QED) is 0.443. The summed E-state index contributed by atoms with van der Waals surface area (Å²) in [5, 5.41) is 11.8. The molecule has 0 bridgehead atoms. The SMILES string of the molecule is CN[C@@H](C)C(=O)N[C@H](C(=O)N1Cc2ccccc2[C@H]1C(=O)Nc1cccc2sccc12)C(C)C.Cl. The second-order valence-electron chi connectivity index (χ2n) is 8.94. The van der Waals surface area contributed by atoms with Crippen LogP contribution in [0.1, 0.15) is 37.9 Å². The number of nitrogens with one attached hydrogen (secondary N) is 3. The molecule has 0 saturated carbocycles. The first kappa shape index (κ1) is 26.7. The molecule has 186 valence electrons. The van der Waals surface area contributed by atoms with Gasteiger partial charge in [-0.25, -0.2) is 0 Å². The fourth-order valence-corrected chi connectivity index (χ4v) is 5.09. The summed E-state index contributed by atoms with van der Waals surface area (Å²) in [5.74, 6) is -0.935. The van der Waals surface area contributed by atoms with Gasteiger partial charge >= 0.3 is 0 Å². The van der Waals surface area contributed by atoms with Crippen LogP contribution >= 0.6 is 23.7 Å². The van der Waals surface area contributed by atoms with Crippen LogP contribution in [0.25, 0.3) is 10.1 Å². The zero-order valence-electron chi connectivity index (χ0n) is 20.2. The second kappa shape index (κ2) is 11.2. The van der Waals surface area contributed by atoms with Gasteiger partial charge in [-0.3, -0.25) is 14.4 Å². The lowest BCUT2D eigenvalue weighted by Gasteiger charge is -2.31. The monoisotopic (exact) mass is 514 g/mol. The number of fused-ring (bicyclic) bond motifs is 2. The molecule has 0 fully saturated rings. The smallest absolute Gasteiger partial charge is 0.251 e. The molecule has 4 rings (SSSR count). The summed E-state index contributed by atoms with van der Waals surface area (Å²) >= 11 is 1.61. The van der Waals surface area contributed by atoms with Crippen molar-refractivity contribution < 1.29 is 14.4 Å². The third-order valence-electron chi connectivity index (χ3n) is 6.34. The molecule has 1 aliphatic rings. The number of amides is 3. The Hall–Kier alpha value is -2.94. The minimum atomic E-state index is -0.780. The standard InChI is InChI=1S/C26H30N4O3S.ClH/c1-15(2)22(29-24(31)16(3)27-4)26(33)30-14-17-8-5-6-9-18(17)23(30)25(32)28-20-10-7-11-21-19(20)12-13-34-21;/h5-13,15-16,22-23,27H,14H2,1-4H3,(H,28,32)(H,29,31);1H/t16-,22-,23-;/m0./s1. The predicted octanol–water partition coefficient (Wildman–Crippen LogP) is 4.09. The molecular weight excluding hydrogens is 484 g/mol. The van der Waals surface area contributed by atoms with E-state index in [4.69, 9.17) is 0 Å². The third-order valence-corrected chi connectivity index (χ3v) is 7.23. The van der Waals surface area contributed by atoms with Gasteiger partial charge < -0.3 is 20.9 Å². The van der Waals surface area contributed by atoms with E-state index in [9.17, 15) is 14.4 Å². The first-order chi connectivity index (χ1) is 16.3. The van der Waals surface area contributed by atoms with E-state index in [1.54, 1.807) is 30.2 Å². The summed E-state index contributed by atoms with van der Waals surface area (Å²) in [4.78, 5) is 41.5. The fraction of sp³-hybridized carbons (Fsp3) is 0.346. The van der Waals surface area contributed by atoms with Crippen LogP contribution in [0.3, 0.4) is 0 Å². The topological polar surface area (TPSA) is 90.5 Å². The van der Waals surface area contributed by atoms with Gasteiger partial charge in [0.2, 0.25) is 11.8 Å². The van der Waals surface area contributed by atoms with E-state index >= 15 is 0 Å². The molecule has 3 amide bonds. The Morgan fingerprint density at radius 3 is 2.49 bits per heavy atom. The van der Waals surface area contributed by atoms with Crippen LogP contribution in [-0.2, 0) is 20.9 Å². The van der Waals surface area contributed by atoms with E-state index < -0.39 is 18.1 Å². The molecule has 0 unspecified atom stereocenters. The highest BCUT2D eigenvalue weighted by Crippen LogP contribution is 2.36. The van der Waals surface area contributed by atoms with Gasteiger partial charge in [0.15, 0.2) is 0 Å². The fourth-order valence-electron chi connectivity index (χ4n) is 4.28. The Labute approximate surface area is 215 Å². The number of halogens is 1. The van der Waals surface area contributed by atoms with Gasteiger partial charge in [-0.1, -0.05) is 44.2 Å². The lowest BCUT2D eigenvalue weighted by atomic mass is 10.0. The van der Waals surface area contributed by atoms with Crippen molar-refractivity contribution in [2.24, 2.45) is 5.92 Å². The summed E-state index contributed by atoms with van der Waals surface area (Å²) in [5.41, 5.74) is 2.46. The summed E-state index contributed by atoms with van der Waals surface area (Å²) < 4.78 is 1.08. The number of thiophene rings is 1. The van der Waals surface area contributed by atoms with Crippen molar-refractivity contribution in [3.63, 3.8) is 0 Å². The van der Waals surface area contributed by atoms with Gasteiger partial charge in [0.1, 0.15) is 12.1 Å². The predicted molar refractivity (Wildman–Crippen MR) is 143 cm³/mol. The van der Waals surface area contributed by atoms with Crippen molar-refractivity contribution in [3.05, 3.63) is 65.0 Å². The Balaban J connectivity index is 0.00000342. The lowest BCUT2D eigenvalue weighted by molar-refractivity contribution is -0.143. The van der Waals surface area contributed by atoms with Crippen molar-refractivity contribution in [3.8, 4) is 0 Å². The first-order valence-corrected chi connectivity index (χ1v) is 12.3. The average Bonchev–Trinajstić information content (AvgIpc) is 3.46. The second-order valence-corrected chi connectivity index (χ2v) is 9.88. The summed E-state index contributed by atoms with van der Waals surface area (Å²) in [6, 6.07) is 13.4. The normalized spacial score (nSPS) is 16.4. The first-order valence-electron chi connectivity index (χ1n) is 11.4. The Morgan fingerprint density at radius 1 is 1.03 bits per heavy atom. The molecule has 2 heterocycles. The lowest BCUT2D eigenvalue weighted by Crippen LogP contribution is -2.55. The zero-order valence-corrected chi connectivity index (χ0v) is 21.8. The molecule has 3 atom stereocenters. The third kappa shape index (κ3) is 5.34. The minimum Gasteiger partial charge on any atom is -0.343 e. The largest absolute Gasteiger partial charge is 0.343 e. The van der Waals surface area contributed by atoms with Crippen LogP contribution in [0.15, 0.2) is 53.9 Å². The molecule has 3 aromatic rings. The van der Waals surface area contributed by atoms with Crippen molar-refractivity contribution in [1.82, 2.24) is 15.5 Å².